The van der Waals surface area contributed by atoms with Crippen LogP contribution in [0.1, 0.15) is 21.5 Å². The molecule has 1 N–H and O–H groups in total. The van der Waals surface area contributed by atoms with Gasteiger partial charge < -0.3 is 10.1 Å². The first kappa shape index (κ1) is 21.5. The van der Waals surface area contributed by atoms with Crippen LogP contribution in [0.25, 0.3) is 0 Å². The summed E-state index contributed by atoms with van der Waals surface area (Å²) in [7, 11) is 0. The van der Waals surface area contributed by atoms with Crippen molar-refractivity contribution in [1.29, 1.82) is 0 Å². The lowest BCUT2D eigenvalue weighted by Crippen LogP contribution is -2.12. The van der Waals surface area contributed by atoms with Crippen molar-refractivity contribution in [3.8, 4) is 5.75 Å². The van der Waals surface area contributed by atoms with Gasteiger partial charge in [-0.2, -0.15) is 5.10 Å². The number of nitrogens with zero attached hydrogens (tertiary/aromatic N) is 2. The molecule has 4 aromatic rings. The smallest absolute Gasteiger partial charge is 0.255 e. The number of hydrogen-bond donors (Lipinski definition) is 1. The Bertz CT molecular complexity index is 1260. The molecular formula is C24H18ClF2N3O2. The van der Waals surface area contributed by atoms with E-state index in [-0.39, 0.29) is 18.3 Å². The van der Waals surface area contributed by atoms with Crippen LogP contribution in [0.15, 0.2) is 79.1 Å². The van der Waals surface area contributed by atoms with Gasteiger partial charge in [0, 0.05) is 22.8 Å². The molecule has 5 nitrogen and oxygen atoms in total. The highest BCUT2D eigenvalue weighted by Gasteiger charge is 2.10. The Morgan fingerprint density at radius 3 is 2.72 bits per heavy atom. The zero-order chi connectivity index (χ0) is 22.5. The summed E-state index contributed by atoms with van der Waals surface area (Å²) in [5.74, 6) is -1.85. The Labute approximate surface area is 188 Å². The van der Waals surface area contributed by atoms with Gasteiger partial charge in [-0.1, -0.05) is 41.9 Å². The maximum atomic E-state index is 13.7. The van der Waals surface area contributed by atoms with E-state index in [1.807, 2.05) is 24.3 Å². The Hall–Kier alpha value is -3.71. The molecule has 0 saturated carbocycles. The normalized spacial score (nSPS) is 10.7. The molecule has 0 fully saturated rings. The molecule has 0 radical (unpaired) electrons. The Morgan fingerprint density at radius 1 is 1.06 bits per heavy atom. The highest BCUT2D eigenvalue weighted by atomic mass is 35.5. The van der Waals surface area contributed by atoms with Gasteiger partial charge in [0.15, 0.2) is 11.6 Å². The molecule has 0 spiro atoms. The molecule has 8 heteroatoms. The van der Waals surface area contributed by atoms with Crippen molar-refractivity contribution in [1.82, 2.24) is 9.78 Å². The third kappa shape index (κ3) is 5.31. The molecule has 0 aliphatic heterocycles. The van der Waals surface area contributed by atoms with E-state index in [9.17, 15) is 13.6 Å². The van der Waals surface area contributed by atoms with Gasteiger partial charge in [0.2, 0.25) is 0 Å². The quantitative estimate of drug-likeness (QED) is 0.391. The van der Waals surface area contributed by atoms with Gasteiger partial charge in [-0.25, -0.2) is 8.78 Å². The molecule has 32 heavy (non-hydrogen) atoms. The number of benzene rings is 3. The number of halogens is 3. The molecule has 162 valence electrons. The van der Waals surface area contributed by atoms with Gasteiger partial charge in [0.05, 0.1) is 18.4 Å². The molecule has 0 atom stereocenters. The van der Waals surface area contributed by atoms with E-state index in [2.05, 4.69) is 10.4 Å². The molecule has 1 aromatic heterocycles. The highest BCUT2D eigenvalue weighted by molar-refractivity contribution is 6.31. The van der Waals surface area contributed by atoms with Gasteiger partial charge >= 0.3 is 0 Å². The van der Waals surface area contributed by atoms with E-state index < -0.39 is 11.6 Å². The molecule has 3 aromatic carbocycles. The van der Waals surface area contributed by atoms with Gasteiger partial charge in [0.1, 0.15) is 12.4 Å². The highest BCUT2D eigenvalue weighted by Crippen LogP contribution is 2.20. The van der Waals surface area contributed by atoms with Crippen molar-refractivity contribution >= 4 is 23.2 Å². The van der Waals surface area contributed by atoms with Crippen LogP contribution in [-0.2, 0) is 13.2 Å². The molecule has 4 rings (SSSR count). The molecule has 1 heterocycles. The van der Waals surface area contributed by atoms with Gasteiger partial charge in [-0.3, -0.25) is 9.48 Å². The zero-order valence-electron chi connectivity index (χ0n) is 16.8. The summed E-state index contributed by atoms with van der Waals surface area (Å²) in [6, 6.07) is 17.3. The van der Waals surface area contributed by atoms with E-state index in [0.29, 0.717) is 28.4 Å². The lowest BCUT2D eigenvalue weighted by Gasteiger charge is -2.09. The summed E-state index contributed by atoms with van der Waals surface area (Å²) >= 11 is 6.18. The van der Waals surface area contributed by atoms with Gasteiger partial charge in [-0.15, -0.1) is 0 Å². The van der Waals surface area contributed by atoms with Crippen LogP contribution in [0.3, 0.4) is 0 Å². The molecule has 0 bridgehead atoms. The van der Waals surface area contributed by atoms with Crippen LogP contribution in [0.2, 0.25) is 5.02 Å². The minimum absolute atomic E-state index is 0.0272. The Kier molecular flexibility index (Phi) is 6.47. The topological polar surface area (TPSA) is 56.2 Å². The van der Waals surface area contributed by atoms with Crippen LogP contribution in [0.5, 0.6) is 5.75 Å². The standard InChI is InChI=1S/C24H18ClF2N3O2/c25-21-7-2-1-5-18(21)13-30-14-20(12-28-30)29-24(31)17-6-3-4-16(10-17)15-32-23-9-8-19(26)11-22(23)27/h1-12,14H,13,15H2,(H,29,31). The average molecular weight is 454 g/mol. The fraction of sp³-hybridized carbons (Fsp3) is 0.0833. The zero-order valence-corrected chi connectivity index (χ0v) is 17.5. The summed E-state index contributed by atoms with van der Waals surface area (Å²) in [5.41, 5.74) is 2.53. The first-order valence-corrected chi connectivity index (χ1v) is 10.1. The summed E-state index contributed by atoms with van der Waals surface area (Å²) in [6.07, 6.45) is 3.27. The second-order valence-corrected chi connectivity index (χ2v) is 7.44. The average Bonchev–Trinajstić information content (AvgIpc) is 3.21. The number of anilines is 1. The third-order valence-corrected chi connectivity index (χ3v) is 5.03. The minimum atomic E-state index is -0.785. The van der Waals surface area contributed by atoms with E-state index in [1.165, 1.54) is 6.07 Å². The maximum absolute atomic E-state index is 13.7. The predicted molar refractivity (Wildman–Crippen MR) is 118 cm³/mol. The number of amides is 1. The van der Waals surface area contributed by atoms with Gasteiger partial charge in [0.25, 0.3) is 5.91 Å². The van der Waals surface area contributed by atoms with Crippen LogP contribution >= 0.6 is 11.6 Å². The van der Waals surface area contributed by atoms with Gasteiger partial charge in [-0.05, 0) is 41.5 Å². The largest absolute Gasteiger partial charge is 0.486 e. The van der Waals surface area contributed by atoms with Crippen LogP contribution in [-0.4, -0.2) is 15.7 Å². The second kappa shape index (κ2) is 9.62. The predicted octanol–water partition coefficient (Wildman–Crippen LogP) is 5.69. The fourth-order valence-corrected chi connectivity index (χ4v) is 3.27. The first-order chi connectivity index (χ1) is 15.5. The summed E-state index contributed by atoms with van der Waals surface area (Å²) < 4.78 is 33.8. The minimum Gasteiger partial charge on any atom is -0.486 e. The van der Waals surface area contributed by atoms with Crippen molar-refractivity contribution in [2.45, 2.75) is 13.2 Å². The van der Waals surface area contributed by atoms with E-state index in [4.69, 9.17) is 16.3 Å². The van der Waals surface area contributed by atoms with Crippen molar-refractivity contribution in [3.05, 3.63) is 112 Å². The van der Waals surface area contributed by atoms with Crippen molar-refractivity contribution in [2.75, 3.05) is 5.32 Å². The summed E-state index contributed by atoms with van der Waals surface area (Å²) in [4.78, 5) is 12.6. The SMILES string of the molecule is O=C(Nc1cnn(Cc2ccccc2Cl)c1)c1cccc(COc2ccc(F)cc2F)c1. The van der Waals surface area contributed by atoms with Crippen molar-refractivity contribution < 1.29 is 18.3 Å². The lowest BCUT2D eigenvalue weighted by atomic mass is 10.1. The number of aromatic nitrogens is 2. The first-order valence-electron chi connectivity index (χ1n) is 9.72. The number of rotatable bonds is 7. The number of ether oxygens (including phenoxy) is 1. The Balaban J connectivity index is 1.39. The Morgan fingerprint density at radius 2 is 1.91 bits per heavy atom. The second-order valence-electron chi connectivity index (χ2n) is 7.04. The molecule has 0 unspecified atom stereocenters. The number of carbonyl (C=O) groups is 1. The fourth-order valence-electron chi connectivity index (χ4n) is 3.07. The number of nitrogens with one attached hydrogen (secondary N) is 1. The molecule has 1 amide bonds. The van der Waals surface area contributed by atoms with Crippen LogP contribution in [0, 0.1) is 11.6 Å². The lowest BCUT2D eigenvalue weighted by molar-refractivity contribution is 0.102. The van der Waals surface area contributed by atoms with E-state index in [0.717, 1.165) is 17.7 Å². The monoisotopic (exact) mass is 453 g/mol. The van der Waals surface area contributed by atoms with Crippen LogP contribution < -0.4 is 10.1 Å². The van der Waals surface area contributed by atoms with E-state index >= 15 is 0 Å². The molecule has 0 saturated heterocycles. The number of carbonyl (C=O) groups excluding carboxylic acids is 1. The molecule has 0 aliphatic rings. The van der Waals surface area contributed by atoms with Crippen molar-refractivity contribution in [3.63, 3.8) is 0 Å². The third-order valence-electron chi connectivity index (χ3n) is 4.66. The summed E-state index contributed by atoms with van der Waals surface area (Å²) in [5, 5.41) is 7.70. The summed E-state index contributed by atoms with van der Waals surface area (Å²) in [6.45, 7) is 0.502. The molecular weight excluding hydrogens is 436 g/mol. The maximum Gasteiger partial charge on any atom is 0.255 e. The number of hydrogen-bond acceptors (Lipinski definition) is 3. The molecule has 0 aliphatic carbocycles. The van der Waals surface area contributed by atoms with Crippen molar-refractivity contribution in [2.24, 2.45) is 0 Å². The van der Waals surface area contributed by atoms with Crippen LogP contribution in [0.4, 0.5) is 14.5 Å². The van der Waals surface area contributed by atoms with E-state index in [1.54, 1.807) is 41.3 Å².